The first-order valence-electron chi connectivity index (χ1n) is 3.81. The summed E-state index contributed by atoms with van der Waals surface area (Å²) >= 11 is 0. The normalized spacial score (nSPS) is 10.2. The second-order valence-corrected chi connectivity index (χ2v) is 4.17. The number of nitrogens with one attached hydrogen (secondary N) is 1. The maximum absolute atomic E-state index is 10.8. The Bertz CT molecular complexity index is 315. The molecule has 0 fully saturated rings. The van der Waals surface area contributed by atoms with Crippen LogP contribution in [0.3, 0.4) is 0 Å². The Kier molecular flexibility index (Phi) is 9.26. The third-order valence-corrected chi connectivity index (χ3v) is 2.00. The topological polar surface area (TPSA) is 127 Å². The monoisotopic (exact) mass is 247 g/mol. The van der Waals surface area contributed by atoms with E-state index < -0.39 is 27.7 Å². The maximum atomic E-state index is 10.8. The van der Waals surface area contributed by atoms with Crippen LogP contribution < -0.4 is 40.6 Å². The summed E-state index contributed by atoms with van der Waals surface area (Å²) in [5.74, 6) is -1.63. The van der Waals surface area contributed by atoms with Gasteiger partial charge in [-0.1, -0.05) is 0 Å². The average molecular weight is 247 g/mol. The third-order valence-electron chi connectivity index (χ3n) is 1.28. The minimum atomic E-state index is -4.06. The number of hydrogen-bond donors (Lipinski definition) is 3. The zero-order valence-corrected chi connectivity index (χ0v) is 11.2. The molecule has 4 N–H and O–H groups in total. The van der Waals surface area contributed by atoms with E-state index in [1.54, 1.807) is 0 Å². The Morgan fingerprint density at radius 3 is 2.20 bits per heavy atom. The summed E-state index contributed by atoms with van der Waals surface area (Å²) in [5.41, 5.74) is 4.78. The fourth-order valence-corrected chi connectivity index (χ4v) is 1.00. The van der Waals surface area contributed by atoms with Crippen LogP contribution in [0.2, 0.25) is 0 Å². The first kappa shape index (κ1) is 17.3. The van der Waals surface area contributed by atoms with Crippen LogP contribution in [-0.2, 0) is 19.7 Å². The van der Waals surface area contributed by atoms with E-state index in [1.165, 1.54) is 0 Å². The molecule has 0 atom stereocenters. The Hall–Kier alpha value is -0.150. The molecule has 0 saturated heterocycles. The number of nitrogens with two attached hydrogens (primary N) is 1. The molecular weight excluding hydrogens is 235 g/mol. The average Bonchev–Trinajstić information content (AvgIpc) is 1.98. The molecule has 15 heavy (non-hydrogen) atoms. The molecule has 0 aliphatic carbocycles. The molecule has 0 aromatic carbocycles. The van der Waals surface area contributed by atoms with Crippen LogP contribution in [0.4, 0.5) is 0 Å². The van der Waals surface area contributed by atoms with Gasteiger partial charge in [0.2, 0.25) is 11.8 Å². The summed E-state index contributed by atoms with van der Waals surface area (Å²) in [6, 6.07) is 0. The molecule has 0 heterocycles. The summed E-state index contributed by atoms with van der Waals surface area (Å²) in [5, 5.41) is 2.21. The Morgan fingerprint density at radius 2 is 1.80 bits per heavy atom. The molecule has 0 aromatic heterocycles. The molecule has 0 aliphatic heterocycles. The van der Waals surface area contributed by atoms with Crippen molar-refractivity contribution in [2.75, 3.05) is 12.3 Å². The SMILES string of the molecule is NC(=O)CCC(=O)NCCS(=O)(=O)O.[Na+]. The van der Waals surface area contributed by atoms with Gasteiger partial charge in [-0.3, -0.25) is 14.1 Å². The van der Waals surface area contributed by atoms with E-state index in [-0.39, 0.29) is 48.9 Å². The second kappa shape index (κ2) is 8.05. The molecule has 0 radical (unpaired) electrons. The van der Waals surface area contributed by atoms with Crippen molar-refractivity contribution >= 4 is 21.9 Å². The zero-order chi connectivity index (χ0) is 11.2. The number of primary amides is 1. The van der Waals surface area contributed by atoms with Gasteiger partial charge >= 0.3 is 29.6 Å². The fraction of sp³-hybridized carbons (Fsp3) is 0.667. The number of carbonyl (C=O) groups is 2. The molecule has 0 spiro atoms. The number of hydrogen-bond acceptors (Lipinski definition) is 4. The molecule has 0 aromatic rings. The summed E-state index contributed by atoms with van der Waals surface area (Å²) in [4.78, 5) is 21.1. The van der Waals surface area contributed by atoms with E-state index in [0.29, 0.717) is 0 Å². The van der Waals surface area contributed by atoms with Gasteiger partial charge in [-0.05, 0) is 0 Å². The van der Waals surface area contributed by atoms with Crippen molar-refractivity contribution in [1.82, 2.24) is 5.32 Å². The summed E-state index contributed by atoms with van der Waals surface area (Å²) in [7, 11) is -4.06. The third kappa shape index (κ3) is 13.9. The van der Waals surface area contributed by atoms with Gasteiger partial charge < -0.3 is 11.1 Å². The quantitative estimate of drug-likeness (QED) is 0.321. The van der Waals surface area contributed by atoms with Crippen molar-refractivity contribution in [3.8, 4) is 0 Å². The minimum absolute atomic E-state index is 0. The van der Waals surface area contributed by atoms with Crippen molar-refractivity contribution in [3.05, 3.63) is 0 Å². The molecule has 0 aliphatic rings. The van der Waals surface area contributed by atoms with E-state index >= 15 is 0 Å². The van der Waals surface area contributed by atoms with E-state index in [2.05, 4.69) is 5.32 Å². The molecule has 0 unspecified atom stereocenters. The maximum Gasteiger partial charge on any atom is 1.00 e. The Labute approximate surface area is 110 Å². The van der Waals surface area contributed by atoms with E-state index in [4.69, 9.17) is 10.3 Å². The van der Waals surface area contributed by atoms with Gasteiger partial charge in [-0.2, -0.15) is 8.42 Å². The van der Waals surface area contributed by atoms with Crippen molar-refractivity contribution in [2.45, 2.75) is 12.8 Å². The summed E-state index contributed by atoms with van der Waals surface area (Å²) in [6.07, 6.45) is -0.168. The number of rotatable bonds is 6. The van der Waals surface area contributed by atoms with Gasteiger partial charge in [0.1, 0.15) is 0 Å². The molecule has 0 rings (SSSR count). The van der Waals surface area contributed by atoms with E-state index in [0.717, 1.165) is 0 Å². The largest absolute Gasteiger partial charge is 1.00 e. The molecule has 9 heteroatoms. The van der Waals surface area contributed by atoms with Crippen LogP contribution in [0.15, 0.2) is 0 Å². The number of carbonyl (C=O) groups excluding carboxylic acids is 2. The minimum Gasteiger partial charge on any atom is -0.370 e. The summed E-state index contributed by atoms with van der Waals surface area (Å²) in [6.45, 7) is -0.184. The van der Waals surface area contributed by atoms with Crippen molar-refractivity contribution in [1.29, 1.82) is 0 Å². The van der Waals surface area contributed by atoms with E-state index in [9.17, 15) is 18.0 Å². The zero-order valence-electron chi connectivity index (χ0n) is 8.39. The van der Waals surface area contributed by atoms with Gasteiger partial charge in [0, 0.05) is 19.4 Å². The molecule has 82 valence electrons. The predicted octanol–water partition coefficient (Wildman–Crippen LogP) is -4.74. The van der Waals surface area contributed by atoms with Crippen LogP contribution in [0, 0.1) is 0 Å². The molecule has 7 nitrogen and oxygen atoms in total. The Balaban J connectivity index is 0. The van der Waals surface area contributed by atoms with Crippen LogP contribution >= 0.6 is 0 Å². The van der Waals surface area contributed by atoms with Crippen LogP contribution in [0.25, 0.3) is 0 Å². The summed E-state index contributed by atoms with van der Waals surface area (Å²) < 4.78 is 28.7. The van der Waals surface area contributed by atoms with Crippen LogP contribution in [0.1, 0.15) is 12.8 Å². The van der Waals surface area contributed by atoms with Gasteiger partial charge in [0.25, 0.3) is 10.1 Å². The van der Waals surface area contributed by atoms with Crippen molar-refractivity contribution < 1.29 is 52.1 Å². The van der Waals surface area contributed by atoms with Crippen molar-refractivity contribution in [2.24, 2.45) is 5.73 Å². The van der Waals surface area contributed by atoms with Gasteiger partial charge in [-0.25, -0.2) is 0 Å². The molecular formula is C6H12N2NaO5S+. The van der Waals surface area contributed by atoms with Gasteiger partial charge in [0.05, 0.1) is 5.75 Å². The first-order chi connectivity index (χ1) is 6.31. The predicted molar refractivity (Wildman–Crippen MR) is 47.9 cm³/mol. The molecule has 2 amide bonds. The van der Waals surface area contributed by atoms with Crippen molar-refractivity contribution in [3.63, 3.8) is 0 Å². The fourth-order valence-electron chi connectivity index (χ4n) is 0.645. The smallest absolute Gasteiger partial charge is 0.370 e. The number of amides is 2. The van der Waals surface area contributed by atoms with E-state index in [1.807, 2.05) is 0 Å². The van der Waals surface area contributed by atoms with Gasteiger partial charge in [0.15, 0.2) is 0 Å². The Morgan fingerprint density at radius 1 is 1.27 bits per heavy atom. The molecule has 0 bridgehead atoms. The standard InChI is InChI=1S/C6H12N2O5S.Na/c7-5(9)1-2-6(10)8-3-4-14(11,12)13;/h1-4H2,(H2,7,9)(H,8,10)(H,11,12,13);/q;+1. The van der Waals surface area contributed by atoms with Crippen LogP contribution in [0.5, 0.6) is 0 Å². The second-order valence-electron chi connectivity index (χ2n) is 2.60. The van der Waals surface area contributed by atoms with Crippen LogP contribution in [-0.4, -0.2) is 37.1 Å². The first-order valence-corrected chi connectivity index (χ1v) is 5.42. The molecule has 0 saturated carbocycles. The van der Waals surface area contributed by atoms with Gasteiger partial charge in [-0.15, -0.1) is 0 Å².